The molecule has 1 aromatic carbocycles. The molecule has 0 radical (unpaired) electrons. The van der Waals surface area contributed by atoms with Crippen molar-refractivity contribution < 1.29 is 23.8 Å². The average Bonchev–Trinajstić information content (AvgIpc) is 3.20. The van der Waals surface area contributed by atoms with Crippen LogP contribution in [0.25, 0.3) is 0 Å². The first-order chi connectivity index (χ1) is 13.1. The zero-order valence-electron chi connectivity index (χ0n) is 15.1. The first-order valence-corrected chi connectivity index (χ1v) is 8.99. The number of furan rings is 1. The van der Waals surface area contributed by atoms with Crippen molar-refractivity contribution in [3.63, 3.8) is 0 Å². The van der Waals surface area contributed by atoms with Crippen LogP contribution in [0.2, 0.25) is 0 Å². The summed E-state index contributed by atoms with van der Waals surface area (Å²) in [7, 11) is 1.81. The number of hydrogen-bond donors (Lipinski definition) is 1. The van der Waals surface area contributed by atoms with Crippen LogP contribution in [-0.4, -0.2) is 59.6 Å². The van der Waals surface area contributed by atoms with Crippen LogP contribution in [0.4, 0.5) is 0 Å². The van der Waals surface area contributed by atoms with E-state index in [9.17, 15) is 9.59 Å². The van der Waals surface area contributed by atoms with Gasteiger partial charge in [-0.15, -0.1) is 0 Å². The van der Waals surface area contributed by atoms with E-state index >= 15 is 0 Å². The zero-order chi connectivity index (χ0) is 19.0. The first-order valence-electron chi connectivity index (χ1n) is 8.99. The molecule has 0 saturated carbocycles. The number of rotatable bonds is 3. The lowest BCUT2D eigenvalue weighted by molar-refractivity contribution is -0.180. The SMILES string of the molecule is CN1C(=O)CO[C@@H]2CN(C(=O)c3ccc(CO)o3)CC[C@]21c1ccccc1. The van der Waals surface area contributed by atoms with Gasteiger partial charge in [-0.3, -0.25) is 9.59 Å². The monoisotopic (exact) mass is 370 g/mol. The number of morpholine rings is 1. The number of nitrogens with zero attached hydrogens (tertiary/aromatic N) is 2. The van der Waals surface area contributed by atoms with Crippen LogP contribution in [0.1, 0.15) is 28.3 Å². The summed E-state index contributed by atoms with van der Waals surface area (Å²) < 4.78 is 11.3. The molecule has 2 fully saturated rings. The highest BCUT2D eigenvalue weighted by atomic mass is 16.5. The van der Waals surface area contributed by atoms with Gasteiger partial charge in [0.25, 0.3) is 5.91 Å². The zero-order valence-corrected chi connectivity index (χ0v) is 15.1. The number of piperidine rings is 1. The molecule has 2 saturated heterocycles. The molecule has 27 heavy (non-hydrogen) atoms. The number of carbonyl (C=O) groups excluding carboxylic acids is 2. The number of aliphatic hydroxyl groups excluding tert-OH is 1. The molecule has 2 aromatic rings. The van der Waals surface area contributed by atoms with Gasteiger partial charge in [0.2, 0.25) is 5.91 Å². The minimum atomic E-state index is -0.590. The summed E-state index contributed by atoms with van der Waals surface area (Å²) >= 11 is 0. The van der Waals surface area contributed by atoms with Gasteiger partial charge in [-0.05, 0) is 24.1 Å². The second kappa shape index (κ2) is 6.83. The Labute approximate surface area is 157 Å². The molecule has 7 heteroatoms. The number of likely N-dealkylation sites (tertiary alicyclic amines) is 1. The van der Waals surface area contributed by atoms with Crippen molar-refractivity contribution in [3.05, 3.63) is 59.5 Å². The highest BCUT2D eigenvalue weighted by Gasteiger charge is 2.53. The third-order valence-corrected chi connectivity index (χ3v) is 5.65. The van der Waals surface area contributed by atoms with Crippen molar-refractivity contribution in [2.75, 3.05) is 26.7 Å². The van der Waals surface area contributed by atoms with E-state index in [4.69, 9.17) is 14.3 Å². The molecule has 2 atom stereocenters. The summed E-state index contributed by atoms with van der Waals surface area (Å²) in [5, 5.41) is 9.14. The molecule has 2 aliphatic rings. The maximum absolute atomic E-state index is 12.8. The van der Waals surface area contributed by atoms with Gasteiger partial charge < -0.3 is 24.1 Å². The molecule has 3 heterocycles. The highest BCUT2D eigenvalue weighted by Crippen LogP contribution is 2.42. The Morgan fingerprint density at radius 2 is 2.04 bits per heavy atom. The van der Waals surface area contributed by atoms with Gasteiger partial charge >= 0.3 is 0 Å². The van der Waals surface area contributed by atoms with E-state index in [1.807, 2.05) is 37.4 Å². The average molecular weight is 370 g/mol. The highest BCUT2D eigenvalue weighted by molar-refractivity contribution is 5.91. The van der Waals surface area contributed by atoms with Gasteiger partial charge in [0.1, 0.15) is 25.1 Å². The Morgan fingerprint density at radius 1 is 1.26 bits per heavy atom. The van der Waals surface area contributed by atoms with Crippen molar-refractivity contribution >= 4 is 11.8 Å². The summed E-state index contributed by atoms with van der Waals surface area (Å²) in [6, 6.07) is 13.0. The van der Waals surface area contributed by atoms with E-state index in [1.165, 1.54) is 0 Å². The van der Waals surface area contributed by atoms with Crippen molar-refractivity contribution in [2.45, 2.75) is 24.7 Å². The summed E-state index contributed by atoms with van der Waals surface area (Å²) in [5.74, 6) is 0.257. The normalized spacial score (nSPS) is 25.4. The van der Waals surface area contributed by atoms with Crippen molar-refractivity contribution in [1.29, 1.82) is 0 Å². The van der Waals surface area contributed by atoms with Crippen LogP contribution in [0, 0.1) is 0 Å². The number of aliphatic hydroxyl groups is 1. The lowest BCUT2D eigenvalue weighted by Gasteiger charge is -2.54. The van der Waals surface area contributed by atoms with Crippen LogP contribution >= 0.6 is 0 Å². The van der Waals surface area contributed by atoms with Gasteiger partial charge in [0.05, 0.1) is 5.54 Å². The minimum Gasteiger partial charge on any atom is -0.453 e. The van der Waals surface area contributed by atoms with E-state index in [0.717, 1.165) is 5.56 Å². The molecule has 2 amide bonds. The number of amides is 2. The quantitative estimate of drug-likeness (QED) is 0.882. The molecule has 4 rings (SSSR count). The van der Waals surface area contributed by atoms with Crippen LogP contribution in [-0.2, 0) is 21.7 Å². The third kappa shape index (κ3) is 2.83. The fraction of sp³-hybridized carbons (Fsp3) is 0.400. The minimum absolute atomic E-state index is 0.00714. The molecule has 0 bridgehead atoms. The molecule has 1 N–H and O–H groups in total. The summed E-state index contributed by atoms with van der Waals surface area (Å²) in [6.07, 6.45) is 0.246. The first kappa shape index (κ1) is 17.8. The Hall–Kier alpha value is -2.64. The number of likely N-dealkylation sites (N-methyl/N-ethyl adjacent to an activating group) is 1. The second-order valence-electron chi connectivity index (χ2n) is 6.97. The molecule has 1 aromatic heterocycles. The van der Waals surface area contributed by atoms with E-state index < -0.39 is 5.54 Å². The summed E-state index contributed by atoms with van der Waals surface area (Å²) in [5.41, 5.74) is 0.422. The number of fused-ring (bicyclic) bond motifs is 1. The Morgan fingerprint density at radius 3 is 2.74 bits per heavy atom. The van der Waals surface area contributed by atoms with Crippen LogP contribution in [0.15, 0.2) is 46.9 Å². The lowest BCUT2D eigenvalue weighted by Crippen LogP contribution is -2.67. The fourth-order valence-corrected chi connectivity index (χ4v) is 4.14. The van der Waals surface area contributed by atoms with Crippen LogP contribution in [0.5, 0.6) is 0 Å². The third-order valence-electron chi connectivity index (χ3n) is 5.65. The number of hydrogen-bond acceptors (Lipinski definition) is 5. The standard InChI is InChI=1S/C20H22N2O5/c1-21-18(24)13-26-17-11-22(19(25)16-8-7-15(12-23)27-16)10-9-20(17,21)14-5-3-2-4-6-14/h2-8,17,23H,9-13H2,1H3/t17-,20+/m1/s1. The van der Waals surface area contributed by atoms with Crippen molar-refractivity contribution in [1.82, 2.24) is 9.80 Å². The Bertz CT molecular complexity index is 849. The molecule has 0 spiro atoms. The molecule has 7 nitrogen and oxygen atoms in total. The predicted molar refractivity (Wildman–Crippen MR) is 95.8 cm³/mol. The summed E-state index contributed by atoms with van der Waals surface area (Å²) in [6.45, 7) is 0.594. The summed E-state index contributed by atoms with van der Waals surface area (Å²) in [4.78, 5) is 28.6. The predicted octanol–water partition coefficient (Wildman–Crippen LogP) is 1.37. The van der Waals surface area contributed by atoms with E-state index in [0.29, 0.717) is 25.3 Å². The molecule has 0 aliphatic carbocycles. The molecular weight excluding hydrogens is 348 g/mol. The molecule has 2 aliphatic heterocycles. The van der Waals surface area contributed by atoms with E-state index in [2.05, 4.69) is 0 Å². The maximum Gasteiger partial charge on any atom is 0.289 e. The number of ether oxygens (including phenoxy) is 1. The second-order valence-corrected chi connectivity index (χ2v) is 6.97. The van der Waals surface area contributed by atoms with Gasteiger partial charge in [-0.1, -0.05) is 30.3 Å². The maximum atomic E-state index is 12.8. The van der Waals surface area contributed by atoms with Gasteiger partial charge in [-0.25, -0.2) is 0 Å². The van der Waals surface area contributed by atoms with Gasteiger partial charge in [0.15, 0.2) is 5.76 Å². The lowest BCUT2D eigenvalue weighted by atomic mass is 9.76. The number of carbonyl (C=O) groups is 2. The number of benzene rings is 1. The van der Waals surface area contributed by atoms with Crippen LogP contribution < -0.4 is 0 Å². The van der Waals surface area contributed by atoms with Crippen molar-refractivity contribution in [3.8, 4) is 0 Å². The topological polar surface area (TPSA) is 83.2 Å². The van der Waals surface area contributed by atoms with Crippen molar-refractivity contribution in [2.24, 2.45) is 0 Å². The van der Waals surface area contributed by atoms with Crippen LogP contribution in [0.3, 0.4) is 0 Å². The van der Waals surface area contributed by atoms with Gasteiger partial charge in [-0.2, -0.15) is 0 Å². The molecule has 0 unspecified atom stereocenters. The smallest absolute Gasteiger partial charge is 0.289 e. The van der Waals surface area contributed by atoms with Gasteiger partial charge in [0, 0.05) is 20.1 Å². The van der Waals surface area contributed by atoms with E-state index in [1.54, 1.807) is 21.9 Å². The molecule has 142 valence electrons. The largest absolute Gasteiger partial charge is 0.453 e. The van der Waals surface area contributed by atoms with E-state index in [-0.39, 0.29) is 36.9 Å². The Balaban J connectivity index is 1.63. The molecular formula is C20H22N2O5. The fourth-order valence-electron chi connectivity index (χ4n) is 4.14. The Kier molecular flexibility index (Phi) is 4.49.